The zero-order valence-electron chi connectivity index (χ0n) is 23.0. The van der Waals surface area contributed by atoms with Crippen LogP contribution >= 0.6 is 0 Å². The van der Waals surface area contributed by atoms with E-state index in [-0.39, 0.29) is 46.6 Å². The maximum Gasteiger partial charge on any atom is 0.422 e. The third-order valence-electron chi connectivity index (χ3n) is 6.16. The van der Waals surface area contributed by atoms with Crippen LogP contribution in [0.2, 0.25) is 0 Å². The average Bonchev–Trinajstić information content (AvgIpc) is 3.35. The molecule has 0 bridgehead atoms. The summed E-state index contributed by atoms with van der Waals surface area (Å²) in [5.41, 5.74) is 7.00. The van der Waals surface area contributed by atoms with Gasteiger partial charge in [-0.25, -0.2) is 9.36 Å². The molecule has 2 N–H and O–H groups in total. The van der Waals surface area contributed by atoms with Crippen LogP contribution in [0, 0.1) is 6.92 Å². The van der Waals surface area contributed by atoms with E-state index in [1.54, 1.807) is 24.3 Å². The van der Waals surface area contributed by atoms with Crippen molar-refractivity contribution in [2.24, 2.45) is 5.73 Å². The monoisotopic (exact) mass is 617 g/mol. The molecule has 0 fully saturated rings. The number of fused-ring (bicyclic) bond motifs is 1. The number of alkyl halides is 3. The second-order valence-corrected chi connectivity index (χ2v) is 10.5. The van der Waals surface area contributed by atoms with Crippen LogP contribution < -0.4 is 15.4 Å². The second-order valence-electron chi connectivity index (χ2n) is 9.18. The number of ether oxygens (including phenoxy) is 2. The van der Waals surface area contributed by atoms with Gasteiger partial charge in [0.2, 0.25) is 5.91 Å². The number of aromatic nitrogens is 3. The summed E-state index contributed by atoms with van der Waals surface area (Å²) in [5.74, 6) is -1.58. The van der Waals surface area contributed by atoms with Crippen molar-refractivity contribution in [3.05, 3.63) is 77.6 Å². The largest absolute Gasteiger partial charge is 0.609 e. The fourth-order valence-corrected chi connectivity index (χ4v) is 5.34. The summed E-state index contributed by atoms with van der Waals surface area (Å²) in [5, 5.41) is -0.139. The van der Waals surface area contributed by atoms with E-state index in [1.165, 1.54) is 55.3 Å². The lowest BCUT2D eigenvalue weighted by Crippen LogP contribution is -2.38. The molecule has 2 aromatic carbocycles. The number of rotatable bonds is 10. The van der Waals surface area contributed by atoms with Crippen molar-refractivity contribution in [1.29, 1.82) is 0 Å². The van der Waals surface area contributed by atoms with Gasteiger partial charge in [-0.1, -0.05) is 12.1 Å². The molecule has 0 aliphatic heterocycles. The molecule has 4 aromatic rings. The first-order chi connectivity index (χ1) is 20.4. The molecule has 4 rings (SSSR count). The highest BCUT2D eigenvalue weighted by atomic mass is 32.2. The molecule has 0 aliphatic rings. The first-order valence-electron chi connectivity index (χ1n) is 12.7. The van der Waals surface area contributed by atoms with Crippen LogP contribution in [0.25, 0.3) is 11.0 Å². The number of primary amides is 1. The quantitative estimate of drug-likeness (QED) is 0.206. The first kappa shape index (κ1) is 31.3. The van der Waals surface area contributed by atoms with E-state index in [0.29, 0.717) is 16.7 Å². The van der Waals surface area contributed by atoms with Gasteiger partial charge in [-0.15, -0.1) is 0 Å². The number of pyridine rings is 1. The molecule has 11 nitrogen and oxygen atoms in total. The molecule has 0 aliphatic carbocycles. The minimum Gasteiger partial charge on any atom is -0.609 e. The van der Waals surface area contributed by atoms with Gasteiger partial charge in [-0.2, -0.15) is 18.2 Å². The molecule has 1 atom stereocenters. The summed E-state index contributed by atoms with van der Waals surface area (Å²) < 4.78 is 63.0. The Morgan fingerprint density at radius 3 is 2.44 bits per heavy atom. The molecule has 0 saturated carbocycles. The minimum absolute atomic E-state index is 0.0695. The van der Waals surface area contributed by atoms with E-state index in [2.05, 4.69) is 9.97 Å². The van der Waals surface area contributed by atoms with Crippen molar-refractivity contribution in [2.45, 2.75) is 30.9 Å². The highest BCUT2D eigenvalue weighted by Gasteiger charge is 2.32. The molecular weight excluding hydrogens is 591 g/mol. The van der Waals surface area contributed by atoms with Gasteiger partial charge < -0.3 is 19.8 Å². The molecule has 0 saturated heterocycles. The second kappa shape index (κ2) is 13.1. The fourth-order valence-electron chi connectivity index (χ4n) is 4.09. The SMILES string of the molecule is CC(=O)OCCN(C(=O)n1c([S@+]([O-])Cc2nccc(OCC(F)(F)F)c2C)nc2ccccc21)c1ccc(C(N)=O)cc1. The van der Waals surface area contributed by atoms with Gasteiger partial charge in [-0.05, 0) is 49.4 Å². The average molecular weight is 618 g/mol. The Balaban J connectivity index is 1.72. The Labute approximate surface area is 246 Å². The number of halogens is 3. The van der Waals surface area contributed by atoms with Crippen LogP contribution in [0.4, 0.5) is 23.7 Å². The minimum atomic E-state index is -4.55. The van der Waals surface area contributed by atoms with Gasteiger partial charge in [0.1, 0.15) is 12.4 Å². The third kappa shape index (κ3) is 7.61. The van der Waals surface area contributed by atoms with E-state index < -0.39 is 41.9 Å². The van der Waals surface area contributed by atoms with E-state index in [0.717, 1.165) is 4.57 Å². The number of anilines is 1. The molecule has 15 heteroatoms. The molecular formula is C28H26F3N5O6S. The predicted molar refractivity (Wildman–Crippen MR) is 150 cm³/mol. The highest BCUT2D eigenvalue weighted by molar-refractivity contribution is 7.90. The van der Waals surface area contributed by atoms with E-state index >= 15 is 0 Å². The fraction of sp³-hybridized carbons (Fsp3) is 0.250. The van der Waals surface area contributed by atoms with Gasteiger partial charge in [0.25, 0.3) is 0 Å². The molecule has 226 valence electrons. The van der Waals surface area contributed by atoms with Crippen LogP contribution in [0.1, 0.15) is 28.5 Å². The van der Waals surface area contributed by atoms with E-state index in [9.17, 15) is 32.1 Å². The maximum atomic E-state index is 14.1. The number of hydrogen-bond donors (Lipinski definition) is 1. The summed E-state index contributed by atoms with van der Waals surface area (Å²) >= 11 is -2.02. The van der Waals surface area contributed by atoms with Gasteiger partial charge >= 0.3 is 23.3 Å². The van der Waals surface area contributed by atoms with Crippen LogP contribution in [-0.4, -0.2) is 62.9 Å². The molecule has 2 aromatic heterocycles. The van der Waals surface area contributed by atoms with E-state index in [1.807, 2.05) is 0 Å². The van der Waals surface area contributed by atoms with Gasteiger partial charge in [0.15, 0.2) is 12.4 Å². The number of nitrogens with two attached hydrogens (primary N) is 1. The molecule has 0 unspecified atom stereocenters. The lowest BCUT2D eigenvalue weighted by molar-refractivity contribution is -0.153. The number of esters is 1. The summed E-state index contributed by atoms with van der Waals surface area (Å²) in [6.07, 6.45) is -3.31. The zero-order chi connectivity index (χ0) is 31.3. The normalized spacial score (nSPS) is 12.1. The van der Waals surface area contributed by atoms with Crippen LogP contribution in [0.15, 0.2) is 66.0 Å². The van der Waals surface area contributed by atoms with Gasteiger partial charge in [0, 0.05) is 41.1 Å². The molecule has 2 heterocycles. The summed E-state index contributed by atoms with van der Waals surface area (Å²) in [6, 6.07) is 13.0. The summed E-state index contributed by atoms with van der Waals surface area (Å²) in [7, 11) is 0. The number of imidazole rings is 1. The van der Waals surface area contributed by atoms with Gasteiger partial charge in [-0.3, -0.25) is 19.5 Å². The zero-order valence-corrected chi connectivity index (χ0v) is 23.8. The number of amides is 2. The molecule has 43 heavy (non-hydrogen) atoms. The van der Waals surface area contributed by atoms with Gasteiger partial charge in [0.05, 0.1) is 23.3 Å². The van der Waals surface area contributed by atoms with Crippen LogP contribution in [0.3, 0.4) is 0 Å². The van der Waals surface area contributed by atoms with Crippen molar-refractivity contribution < 1.29 is 41.6 Å². The third-order valence-corrected chi connectivity index (χ3v) is 7.37. The molecule has 2 amide bonds. The lowest BCUT2D eigenvalue weighted by atomic mass is 10.2. The standard InChI is InChI=1S/C28H26F3N5O6S/c1-17-22(33-12-11-24(17)42-16-28(29,30)31)15-43(40)26-34-21-5-3-4-6-23(21)36(26)27(39)35(13-14-41-18(2)37)20-9-7-19(8-10-20)25(32)38/h3-12H,13-16H2,1-2H3,(H2,32,38)/t43-/m1/s1. The lowest BCUT2D eigenvalue weighted by Gasteiger charge is -2.24. The Morgan fingerprint density at radius 1 is 1.09 bits per heavy atom. The molecule has 0 radical (unpaired) electrons. The number of para-hydroxylation sites is 2. The molecule has 0 spiro atoms. The van der Waals surface area contributed by atoms with Crippen LogP contribution in [-0.2, 0) is 26.5 Å². The summed E-state index contributed by atoms with van der Waals surface area (Å²) in [4.78, 5) is 47.0. The van der Waals surface area contributed by atoms with E-state index in [4.69, 9.17) is 15.2 Å². The Bertz CT molecular complexity index is 1640. The number of nitrogens with zero attached hydrogens (tertiary/aromatic N) is 4. The first-order valence-corrected chi connectivity index (χ1v) is 14.0. The Kier molecular flexibility index (Phi) is 9.56. The predicted octanol–water partition coefficient (Wildman–Crippen LogP) is 4.13. The number of hydrogen-bond acceptors (Lipinski definition) is 8. The Morgan fingerprint density at radius 2 is 1.79 bits per heavy atom. The number of benzene rings is 2. The summed E-state index contributed by atoms with van der Waals surface area (Å²) in [6.45, 7) is 0.932. The van der Waals surface area contributed by atoms with Crippen molar-refractivity contribution >= 4 is 45.8 Å². The maximum absolute atomic E-state index is 14.1. The van der Waals surface area contributed by atoms with Crippen molar-refractivity contribution in [3.8, 4) is 5.75 Å². The van der Waals surface area contributed by atoms with Crippen LogP contribution in [0.5, 0.6) is 5.75 Å². The number of carbonyl (C=O) groups excluding carboxylic acids is 3. The Hall–Kier alpha value is -4.63. The highest BCUT2D eigenvalue weighted by Crippen LogP contribution is 2.28. The van der Waals surface area contributed by atoms with Crippen molar-refractivity contribution in [2.75, 3.05) is 24.7 Å². The number of carbonyl (C=O) groups is 3. The van der Waals surface area contributed by atoms with Crippen molar-refractivity contribution in [1.82, 2.24) is 14.5 Å². The smallest absolute Gasteiger partial charge is 0.422 e. The topological polar surface area (TPSA) is 153 Å². The van der Waals surface area contributed by atoms with Crippen molar-refractivity contribution in [3.63, 3.8) is 0 Å².